The Kier molecular flexibility index (Phi) is 6.12. The van der Waals surface area contributed by atoms with Crippen LogP contribution in [-0.2, 0) is 4.79 Å². The third-order valence-electron chi connectivity index (χ3n) is 4.34. The van der Waals surface area contributed by atoms with Gasteiger partial charge in [-0.25, -0.2) is 0 Å². The third-order valence-corrected chi connectivity index (χ3v) is 4.94. The minimum atomic E-state index is -0.590. The van der Waals surface area contributed by atoms with Crippen LogP contribution in [0, 0.1) is 27.7 Å². The van der Waals surface area contributed by atoms with Gasteiger partial charge in [0.15, 0.2) is 6.10 Å². The molecule has 2 aromatic carbocycles. The maximum Gasteiger partial charge on any atom is 0.261 e. The van der Waals surface area contributed by atoms with E-state index < -0.39 is 6.10 Å². The molecule has 0 aromatic heterocycles. The lowest BCUT2D eigenvalue weighted by Gasteiger charge is -2.21. The van der Waals surface area contributed by atoms with Crippen LogP contribution in [0.1, 0.15) is 47.7 Å². The molecule has 2 aromatic rings. The van der Waals surface area contributed by atoms with E-state index in [0.29, 0.717) is 5.75 Å². The molecular formula is C21H26ClNO2. The topological polar surface area (TPSA) is 38.3 Å². The number of benzene rings is 2. The first-order valence-corrected chi connectivity index (χ1v) is 8.87. The molecule has 134 valence electrons. The van der Waals surface area contributed by atoms with E-state index in [4.69, 9.17) is 16.3 Å². The molecule has 25 heavy (non-hydrogen) atoms. The van der Waals surface area contributed by atoms with Crippen molar-refractivity contribution in [1.82, 2.24) is 5.32 Å². The summed E-state index contributed by atoms with van der Waals surface area (Å²) in [6, 6.07) is 9.88. The molecule has 0 aliphatic rings. The van der Waals surface area contributed by atoms with Crippen LogP contribution in [0.2, 0.25) is 5.02 Å². The van der Waals surface area contributed by atoms with Crippen molar-refractivity contribution in [3.8, 4) is 5.75 Å². The first-order valence-electron chi connectivity index (χ1n) is 8.50. The molecule has 3 nitrogen and oxygen atoms in total. The van der Waals surface area contributed by atoms with Crippen molar-refractivity contribution in [2.45, 2.75) is 53.7 Å². The Bertz CT molecular complexity index is 762. The zero-order valence-corrected chi connectivity index (χ0v) is 16.5. The molecule has 1 N–H and O–H groups in total. The van der Waals surface area contributed by atoms with Gasteiger partial charge in [0, 0.05) is 5.02 Å². The van der Waals surface area contributed by atoms with E-state index in [-0.39, 0.29) is 11.9 Å². The Morgan fingerprint density at radius 1 is 1.00 bits per heavy atom. The van der Waals surface area contributed by atoms with Crippen molar-refractivity contribution in [3.63, 3.8) is 0 Å². The van der Waals surface area contributed by atoms with Gasteiger partial charge in [-0.2, -0.15) is 0 Å². The van der Waals surface area contributed by atoms with Crippen LogP contribution in [0.25, 0.3) is 0 Å². The highest BCUT2D eigenvalue weighted by atomic mass is 35.5. The number of nitrogens with one attached hydrogen (secondary N) is 1. The van der Waals surface area contributed by atoms with Gasteiger partial charge in [0.1, 0.15) is 5.75 Å². The lowest BCUT2D eigenvalue weighted by Crippen LogP contribution is -2.38. The Labute approximate surface area is 155 Å². The van der Waals surface area contributed by atoms with Gasteiger partial charge in [0.2, 0.25) is 0 Å². The highest BCUT2D eigenvalue weighted by Crippen LogP contribution is 2.26. The van der Waals surface area contributed by atoms with E-state index in [1.165, 1.54) is 11.1 Å². The first kappa shape index (κ1) is 19.3. The van der Waals surface area contributed by atoms with Gasteiger partial charge >= 0.3 is 0 Å². The molecule has 4 heteroatoms. The molecule has 0 aliphatic carbocycles. The molecule has 0 aliphatic heterocycles. The van der Waals surface area contributed by atoms with Crippen LogP contribution < -0.4 is 10.1 Å². The number of ether oxygens (including phenoxy) is 1. The van der Waals surface area contributed by atoms with Crippen LogP contribution in [0.4, 0.5) is 0 Å². The zero-order valence-electron chi connectivity index (χ0n) is 15.7. The molecule has 0 saturated heterocycles. The van der Waals surface area contributed by atoms with Gasteiger partial charge in [-0.1, -0.05) is 35.4 Å². The number of rotatable bonds is 5. The van der Waals surface area contributed by atoms with Crippen molar-refractivity contribution < 1.29 is 9.53 Å². The minimum absolute atomic E-state index is 0.0761. The Morgan fingerprint density at radius 3 is 2.16 bits per heavy atom. The van der Waals surface area contributed by atoms with E-state index in [9.17, 15) is 4.79 Å². The summed E-state index contributed by atoms with van der Waals surface area (Å²) in [5.41, 5.74) is 5.38. The number of halogens is 1. The quantitative estimate of drug-likeness (QED) is 0.794. The lowest BCUT2D eigenvalue weighted by molar-refractivity contribution is -0.127. The minimum Gasteiger partial charge on any atom is -0.481 e. The van der Waals surface area contributed by atoms with Gasteiger partial charge in [0.25, 0.3) is 5.91 Å². The van der Waals surface area contributed by atoms with E-state index in [2.05, 4.69) is 37.4 Å². The second kappa shape index (κ2) is 7.92. The van der Waals surface area contributed by atoms with Crippen molar-refractivity contribution in [2.24, 2.45) is 0 Å². The van der Waals surface area contributed by atoms with Gasteiger partial charge in [-0.15, -0.1) is 0 Å². The molecule has 0 radical (unpaired) electrons. The van der Waals surface area contributed by atoms with E-state index in [0.717, 1.165) is 21.7 Å². The lowest BCUT2D eigenvalue weighted by atomic mass is 10.00. The van der Waals surface area contributed by atoms with Gasteiger partial charge in [-0.05, 0) is 75.9 Å². The maximum atomic E-state index is 12.5. The van der Waals surface area contributed by atoms with Crippen LogP contribution in [0.3, 0.4) is 0 Å². The van der Waals surface area contributed by atoms with Gasteiger partial charge in [-0.3, -0.25) is 4.79 Å². The van der Waals surface area contributed by atoms with Crippen molar-refractivity contribution >= 4 is 17.5 Å². The van der Waals surface area contributed by atoms with E-state index in [1.54, 1.807) is 6.92 Å². The normalized spacial score (nSPS) is 13.2. The number of hydrogen-bond donors (Lipinski definition) is 1. The van der Waals surface area contributed by atoms with Crippen LogP contribution in [0.15, 0.2) is 30.3 Å². The van der Waals surface area contributed by atoms with Crippen molar-refractivity contribution in [1.29, 1.82) is 0 Å². The Balaban J connectivity index is 2.05. The van der Waals surface area contributed by atoms with Gasteiger partial charge in [0.05, 0.1) is 6.04 Å². The molecule has 0 unspecified atom stereocenters. The number of carbonyl (C=O) groups excluding carboxylic acids is 1. The fourth-order valence-corrected chi connectivity index (χ4v) is 3.06. The van der Waals surface area contributed by atoms with Gasteiger partial charge < -0.3 is 10.1 Å². The second-order valence-electron chi connectivity index (χ2n) is 6.72. The van der Waals surface area contributed by atoms with Crippen molar-refractivity contribution in [3.05, 3.63) is 63.2 Å². The molecule has 0 spiro atoms. The van der Waals surface area contributed by atoms with E-state index >= 15 is 0 Å². The predicted molar refractivity (Wildman–Crippen MR) is 103 cm³/mol. The summed E-state index contributed by atoms with van der Waals surface area (Å²) >= 11 is 6.18. The monoisotopic (exact) mass is 359 g/mol. The maximum absolute atomic E-state index is 12.5. The molecule has 2 atom stereocenters. The van der Waals surface area contributed by atoms with Crippen LogP contribution in [0.5, 0.6) is 5.75 Å². The molecule has 0 bridgehead atoms. The summed E-state index contributed by atoms with van der Waals surface area (Å²) in [6.07, 6.45) is -0.590. The largest absolute Gasteiger partial charge is 0.481 e. The molecule has 2 rings (SSSR count). The summed E-state index contributed by atoms with van der Waals surface area (Å²) < 4.78 is 5.81. The molecular weight excluding hydrogens is 334 g/mol. The number of carbonyl (C=O) groups is 1. The molecule has 0 saturated carbocycles. The number of aryl methyl sites for hydroxylation is 4. The fourth-order valence-electron chi connectivity index (χ4n) is 2.95. The summed E-state index contributed by atoms with van der Waals surface area (Å²) in [7, 11) is 0. The first-order chi connectivity index (χ1) is 11.7. The average Bonchev–Trinajstić information content (AvgIpc) is 2.52. The second-order valence-corrected chi connectivity index (χ2v) is 7.10. The number of hydrogen-bond acceptors (Lipinski definition) is 2. The SMILES string of the molecule is Cc1ccc([C@@H](C)NC(=O)[C@H](C)Oc2cc(C)c(Cl)c(C)c2)c(C)c1. The van der Waals surface area contributed by atoms with Crippen molar-refractivity contribution in [2.75, 3.05) is 0 Å². The summed E-state index contributed by atoms with van der Waals surface area (Å²) in [6.45, 7) is 11.7. The standard InChI is InChI=1S/C21H26ClNO2/c1-12-7-8-19(13(2)9-12)16(5)23-21(24)17(6)25-18-10-14(3)20(22)15(4)11-18/h7-11,16-17H,1-6H3,(H,23,24)/t16-,17+/m1/s1. The molecule has 0 heterocycles. The smallest absolute Gasteiger partial charge is 0.261 e. The van der Waals surface area contributed by atoms with Crippen LogP contribution >= 0.6 is 11.6 Å². The number of amides is 1. The summed E-state index contributed by atoms with van der Waals surface area (Å²) in [4.78, 5) is 12.5. The Hall–Kier alpha value is -2.00. The Morgan fingerprint density at radius 2 is 1.60 bits per heavy atom. The highest BCUT2D eigenvalue weighted by Gasteiger charge is 2.19. The highest BCUT2D eigenvalue weighted by molar-refractivity contribution is 6.32. The van der Waals surface area contributed by atoms with Crippen LogP contribution in [-0.4, -0.2) is 12.0 Å². The summed E-state index contributed by atoms with van der Waals surface area (Å²) in [5.74, 6) is 0.513. The summed E-state index contributed by atoms with van der Waals surface area (Å²) in [5, 5.41) is 3.76. The zero-order chi connectivity index (χ0) is 18.7. The fraction of sp³-hybridized carbons (Fsp3) is 0.381. The van der Waals surface area contributed by atoms with E-state index in [1.807, 2.05) is 32.9 Å². The molecule has 1 amide bonds. The molecule has 0 fully saturated rings. The third kappa shape index (κ3) is 4.76. The predicted octanol–water partition coefficient (Wildman–Crippen LogP) is 5.22. The average molecular weight is 360 g/mol.